The zero-order chi connectivity index (χ0) is 20.9. The lowest BCUT2D eigenvalue weighted by Gasteiger charge is -2.32. The van der Waals surface area contributed by atoms with Crippen molar-refractivity contribution in [3.8, 4) is 17.0 Å². The van der Waals surface area contributed by atoms with Crippen LogP contribution >= 0.6 is 0 Å². The predicted octanol–water partition coefficient (Wildman–Crippen LogP) is 3.34. The zero-order valence-corrected chi connectivity index (χ0v) is 17.8. The number of likely N-dealkylation sites (tertiary alicyclic amines) is 1. The second-order valence-electron chi connectivity index (χ2n) is 8.23. The minimum atomic E-state index is -0.494. The average Bonchev–Trinajstić information content (AvgIpc) is 3.19. The standard InChI is InChI=1S/C24H31N3O3/c1-26-24(7-10-25-26)21-4-3-20-14-23(6-5-19(20)13-21)30-17-22(28)15-27-11-8-18(9-12-27)16-29-2/h3-7,10,13-14,18,22,28H,8-9,11-12,15-17H2,1-2H3. The lowest BCUT2D eigenvalue weighted by Crippen LogP contribution is -2.41. The van der Waals surface area contributed by atoms with E-state index in [1.165, 1.54) is 0 Å². The highest BCUT2D eigenvalue weighted by Crippen LogP contribution is 2.27. The van der Waals surface area contributed by atoms with Gasteiger partial charge in [-0.1, -0.05) is 18.2 Å². The molecule has 1 atom stereocenters. The van der Waals surface area contributed by atoms with Crippen molar-refractivity contribution in [3.63, 3.8) is 0 Å². The monoisotopic (exact) mass is 409 g/mol. The molecule has 1 fully saturated rings. The summed E-state index contributed by atoms with van der Waals surface area (Å²) in [5.41, 5.74) is 2.23. The van der Waals surface area contributed by atoms with Crippen LogP contribution in [0.25, 0.3) is 22.0 Å². The Kier molecular flexibility index (Phi) is 6.67. The number of piperidine rings is 1. The largest absolute Gasteiger partial charge is 0.491 e. The first-order chi connectivity index (χ1) is 14.6. The molecule has 0 bridgehead atoms. The van der Waals surface area contributed by atoms with E-state index in [1.54, 1.807) is 7.11 Å². The normalized spacial score (nSPS) is 16.8. The number of ether oxygens (including phenoxy) is 2. The van der Waals surface area contributed by atoms with Gasteiger partial charge in [-0.2, -0.15) is 5.10 Å². The van der Waals surface area contributed by atoms with Crippen molar-refractivity contribution in [1.29, 1.82) is 0 Å². The number of hydrogen-bond donors (Lipinski definition) is 1. The van der Waals surface area contributed by atoms with E-state index in [2.05, 4.69) is 34.3 Å². The van der Waals surface area contributed by atoms with E-state index in [0.29, 0.717) is 19.1 Å². The molecule has 1 aliphatic heterocycles. The van der Waals surface area contributed by atoms with Crippen LogP contribution in [-0.2, 0) is 11.8 Å². The van der Waals surface area contributed by atoms with Crippen molar-refractivity contribution < 1.29 is 14.6 Å². The van der Waals surface area contributed by atoms with Crippen molar-refractivity contribution in [2.75, 3.05) is 40.0 Å². The van der Waals surface area contributed by atoms with Gasteiger partial charge in [0.2, 0.25) is 0 Å². The van der Waals surface area contributed by atoms with Crippen LogP contribution in [-0.4, -0.2) is 65.8 Å². The first kappa shape index (κ1) is 20.8. The highest BCUT2D eigenvalue weighted by Gasteiger charge is 2.21. The number of nitrogens with zero attached hydrogens (tertiary/aromatic N) is 3. The molecule has 1 aromatic heterocycles. The van der Waals surface area contributed by atoms with Crippen LogP contribution in [0, 0.1) is 5.92 Å². The predicted molar refractivity (Wildman–Crippen MR) is 119 cm³/mol. The summed E-state index contributed by atoms with van der Waals surface area (Å²) in [4.78, 5) is 2.32. The number of aliphatic hydroxyl groups excluding tert-OH is 1. The molecule has 0 spiro atoms. The topological polar surface area (TPSA) is 59.8 Å². The van der Waals surface area contributed by atoms with Gasteiger partial charge in [-0.05, 0) is 66.9 Å². The minimum absolute atomic E-state index is 0.302. The molecule has 1 unspecified atom stereocenters. The second-order valence-corrected chi connectivity index (χ2v) is 8.23. The summed E-state index contributed by atoms with van der Waals surface area (Å²) < 4.78 is 13.0. The third-order valence-corrected chi connectivity index (χ3v) is 5.95. The molecule has 0 amide bonds. The fourth-order valence-electron chi connectivity index (χ4n) is 4.24. The summed E-state index contributed by atoms with van der Waals surface area (Å²) in [6.45, 7) is 3.82. The second kappa shape index (κ2) is 9.60. The Morgan fingerprint density at radius 1 is 1.10 bits per heavy atom. The molecule has 30 heavy (non-hydrogen) atoms. The third kappa shape index (κ3) is 5.01. The van der Waals surface area contributed by atoms with Gasteiger partial charge in [-0.3, -0.25) is 4.68 Å². The van der Waals surface area contributed by atoms with E-state index in [4.69, 9.17) is 9.47 Å². The van der Waals surface area contributed by atoms with Gasteiger partial charge in [0.25, 0.3) is 0 Å². The van der Waals surface area contributed by atoms with Crippen molar-refractivity contribution in [2.24, 2.45) is 13.0 Å². The van der Waals surface area contributed by atoms with E-state index in [-0.39, 0.29) is 0 Å². The van der Waals surface area contributed by atoms with E-state index in [1.807, 2.05) is 36.1 Å². The SMILES string of the molecule is COCC1CCN(CC(O)COc2ccc3cc(-c4ccnn4C)ccc3c2)CC1. The van der Waals surface area contributed by atoms with Gasteiger partial charge in [0.05, 0.1) is 5.69 Å². The molecule has 1 aliphatic rings. The smallest absolute Gasteiger partial charge is 0.120 e. The van der Waals surface area contributed by atoms with Crippen LogP contribution in [0.2, 0.25) is 0 Å². The fourth-order valence-corrected chi connectivity index (χ4v) is 4.24. The van der Waals surface area contributed by atoms with Crippen LogP contribution in [0.3, 0.4) is 0 Å². The van der Waals surface area contributed by atoms with Gasteiger partial charge < -0.3 is 19.5 Å². The fraction of sp³-hybridized carbons (Fsp3) is 0.458. The molecule has 160 valence electrons. The number of aryl methyl sites for hydroxylation is 1. The van der Waals surface area contributed by atoms with Crippen LogP contribution in [0.15, 0.2) is 48.7 Å². The lowest BCUT2D eigenvalue weighted by atomic mass is 9.97. The third-order valence-electron chi connectivity index (χ3n) is 5.95. The molecule has 1 saturated heterocycles. The molecule has 6 heteroatoms. The van der Waals surface area contributed by atoms with Gasteiger partial charge in [0.1, 0.15) is 18.5 Å². The van der Waals surface area contributed by atoms with Crippen molar-refractivity contribution in [3.05, 3.63) is 48.7 Å². The summed E-state index contributed by atoms with van der Waals surface area (Å²) in [7, 11) is 3.71. The number of aliphatic hydroxyl groups is 1. The molecule has 0 saturated carbocycles. The summed E-state index contributed by atoms with van der Waals surface area (Å²) in [6, 6.07) is 14.5. The summed E-state index contributed by atoms with van der Waals surface area (Å²) in [5.74, 6) is 1.43. The van der Waals surface area contributed by atoms with E-state index >= 15 is 0 Å². The van der Waals surface area contributed by atoms with Crippen molar-refractivity contribution in [2.45, 2.75) is 18.9 Å². The number of benzene rings is 2. The van der Waals surface area contributed by atoms with Gasteiger partial charge in [-0.15, -0.1) is 0 Å². The number of rotatable bonds is 8. The Balaban J connectivity index is 1.31. The van der Waals surface area contributed by atoms with E-state index in [0.717, 1.165) is 60.3 Å². The molecule has 0 aliphatic carbocycles. The Labute approximate surface area is 178 Å². The van der Waals surface area contributed by atoms with Crippen LogP contribution < -0.4 is 4.74 Å². The van der Waals surface area contributed by atoms with Gasteiger partial charge in [0, 0.05) is 39.1 Å². The molecule has 3 aromatic rings. The Morgan fingerprint density at radius 2 is 1.87 bits per heavy atom. The Bertz CT molecular complexity index is 963. The van der Waals surface area contributed by atoms with Crippen molar-refractivity contribution >= 4 is 10.8 Å². The first-order valence-electron chi connectivity index (χ1n) is 10.7. The summed E-state index contributed by atoms with van der Waals surface area (Å²) in [5, 5.41) is 16.9. The number of β-amino-alcohol motifs (C(OH)–C–C–N with tert-alkyl or cyclic N) is 1. The van der Waals surface area contributed by atoms with Crippen LogP contribution in [0.1, 0.15) is 12.8 Å². The molecule has 6 nitrogen and oxygen atoms in total. The van der Waals surface area contributed by atoms with Gasteiger partial charge >= 0.3 is 0 Å². The number of fused-ring (bicyclic) bond motifs is 1. The molecular weight excluding hydrogens is 378 g/mol. The minimum Gasteiger partial charge on any atom is -0.491 e. The maximum atomic E-state index is 10.4. The maximum Gasteiger partial charge on any atom is 0.120 e. The molecule has 2 aromatic carbocycles. The summed E-state index contributed by atoms with van der Waals surface area (Å²) in [6.07, 6.45) is 3.58. The number of methoxy groups -OCH3 is 1. The number of aromatic nitrogens is 2. The van der Waals surface area contributed by atoms with Gasteiger partial charge in [-0.25, -0.2) is 0 Å². The van der Waals surface area contributed by atoms with E-state index in [9.17, 15) is 5.11 Å². The quantitative estimate of drug-likeness (QED) is 0.618. The highest BCUT2D eigenvalue weighted by molar-refractivity contribution is 5.88. The van der Waals surface area contributed by atoms with Crippen LogP contribution in [0.5, 0.6) is 5.75 Å². The summed E-state index contributed by atoms with van der Waals surface area (Å²) >= 11 is 0. The zero-order valence-electron chi connectivity index (χ0n) is 17.8. The van der Waals surface area contributed by atoms with Crippen LogP contribution in [0.4, 0.5) is 0 Å². The van der Waals surface area contributed by atoms with E-state index < -0.39 is 6.10 Å². The first-order valence-corrected chi connectivity index (χ1v) is 10.7. The molecule has 0 radical (unpaired) electrons. The molecule has 2 heterocycles. The maximum absolute atomic E-state index is 10.4. The number of hydrogen-bond acceptors (Lipinski definition) is 5. The lowest BCUT2D eigenvalue weighted by molar-refractivity contribution is 0.0440. The Hall–Kier alpha value is -2.41. The highest BCUT2D eigenvalue weighted by atomic mass is 16.5. The Morgan fingerprint density at radius 3 is 2.60 bits per heavy atom. The molecular formula is C24H31N3O3. The molecule has 4 rings (SSSR count). The van der Waals surface area contributed by atoms with Gasteiger partial charge in [0.15, 0.2) is 0 Å². The van der Waals surface area contributed by atoms with Crippen molar-refractivity contribution in [1.82, 2.24) is 14.7 Å². The average molecular weight is 410 g/mol. The molecule has 1 N–H and O–H groups in total.